The molecule has 0 aliphatic rings. The van der Waals surface area contributed by atoms with Crippen LogP contribution in [0.4, 0.5) is 11.4 Å². The predicted octanol–water partition coefficient (Wildman–Crippen LogP) is 4.54. The van der Waals surface area contributed by atoms with Gasteiger partial charge in [0.2, 0.25) is 5.91 Å². The molecule has 0 aliphatic heterocycles. The van der Waals surface area contributed by atoms with Gasteiger partial charge in [-0.15, -0.1) is 0 Å². The summed E-state index contributed by atoms with van der Waals surface area (Å²) in [4.78, 5) is 24.9. The number of hydrogen-bond donors (Lipinski definition) is 2. The molecule has 7 heteroatoms. The maximum absolute atomic E-state index is 12.5. The van der Waals surface area contributed by atoms with Gasteiger partial charge in [0.15, 0.2) is 0 Å². The number of methoxy groups -OCH3 is 3. The van der Waals surface area contributed by atoms with Crippen LogP contribution in [0.25, 0.3) is 0 Å². The molecule has 0 bridgehead atoms. The molecule has 0 aliphatic carbocycles. The Morgan fingerprint density at radius 2 is 1.50 bits per heavy atom. The number of amides is 2. The highest BCUT2D eigenvalue weighted by Crippen LogP contribution is 2.26. The zero-order chi connectivity index (χ0) is 22.9. The van der Waals surface area contributed by atoms with Gasteiger partial charge in [0.25, 0.3) is 5.91 Å². The molecular weight excluding hydrogens is 408 g/mol. The standard InChI is InChI=1S/C25H26N2O5/c1-30-20-13-14-22(31-2)18(16-20)10-15-24(28)26-19-11-8-17(9-12-19)25(29)27-21-6-4-5-7-23(21)32-3/h4-9,11-14,16H,10,15H2,1-3H3,(H,26,28)(H,27,29). The average Bonchev–Trinajstić information content (AvgIpc) is 2.83. The van der Waals surface area contributed by atoms with Gasteiger partial charge in [-0.3, -0.25) is 9.59 Å². The van der Waals surface area contributed by atoms with Gasteiger partial charge in [0, 0.05) is 17.7 Å². The zero-order valence-corrected chi connectivity index (χ0v) is 18.3. The Hall–Kier alpha value is -4.00. The summed E-state index contributed by atoms with van der Waals surface area (Å²) in [5.74, 6) is 1.60. The molecule has 3 rings (SSSR count). The van der Waals surface area contributed by atoms with Crippen molar-refractivity contribution in [1.29, 1.82) is 0 Å². The van der Waals surface area contributed by atoms with Crippen molar-refractivity contribution in [1.82, 2.24) is 0 Å². The molecule has 0 spiro atoms. The Morgan fingerprint density at radius 3 is 2.19 bits per heavy atom. The normalized spacial score (nSPS) is 10.2. The lowest BCUT2D eigenvalue weighted by Gasteiger charge is -2.11. The number of rotatable bonds is 9. The minimum atomic E-state index is -0.266. The molecule has 0 unspecified atom stereocenters. The molecule has 3 aromatic carbocycles. The van der Waals surface area contributed by atoms with Gasteiger partial charge in [0.1, 0.15) is 17.2 Å². The fraction of sp³-hybridized carbons (Fsp3) is 0.200. The van der Waals surface area contributed by atoms with Gasteiger partial charge in [-0.25, -0.2) is 0 Å². The van der Waals surface area contributed by atoms with Crippen molar-refractivity contribution in [2.75, 3.05) is 32.0 Å². The first-order chi connectivity index (χ1) is 15.5. The maximum Gasteiger partial charge on any atom is 0.255 e. The number of nitrogens with one attached hydrogen (secondary N) is 2. The van der Waals surface area contributed by atoms with Crippen LogP contribution in [0.3, 0.4) is 0 Å². The number of benzene rings is 3. The van der Waals surface area contributed by atoms with Crippen LogP contribution in [-0.4, -0.2) is 33.1 Å². The van der Waals surface area contributed by atoms with E-state index in [1.54, 1.807) is 57.7 Å². The summed E-state index contributed by atoms with van der Waals surface area (Å²) >= 11 is 0. The number of anilines is 2. The Labute approximate surface area is 187 Å². The molecule has 2 amide bonds. The van der Waals surface area contributed by atoms with E-state index in [9.17, 15) is 9.59 Å². The summed E-state index contributed by atoms with van der Waals surface area (Å²) in [6.45, 7) is 0. The monoisotopic (exact) mass is 434 g/mol. The largest absolute Gasteiger partial charge is 0.497 e. The molecule has 166 valence electrons. The number of ether oxygens (including phenoxy) is 3. The minimum absolute atomic E-state index is 0.138. The second kappa shape index (κ2) is 10.9. The van der Waals surface area contributed by atoms with Crippen LogP contribution in [0.15, 0.2) is 66.7 Å². The van der Waals surface area contributed by atoms with Crippen molar-refractivity contribution in [3.05, 3.63) is 77.9 Å². The first-order valence-electron chi connectivity index (χ1n) is 10.1. The second-order valence-electron chi connectivity index (χ2n) is 6.96. The Kier molecular flexibility index (Phi) is 7.70. The Balaban J connectivity index is 1.57. The van der Waals surface area contributed by atoms with Crippen LogP contribution in [-0.2, 0) is 11.2 Å². The van der Waals surface area contributed by atoms with Gasteiger partial charge >= 0.3 is 0 Å². The van der Waals surface area contributed by atoms with Crippen LogP contribution < -0.4 is 24.8 Å². The van der Waals surface area contributed by atoms with Crippen LogP contribution >= 0.6 is 0 Å². The predicted molar refractivity (Wildman–Crippen MR) is 124 cm³/mol. The molecule has 2 N–H and O–H groups in total. The second-order valence-corrected chi connectivity index (χ2v) is 6.96. The van der Waals surface area contributed by atoms with E-state index in [-0.39, 0.29) is 18.2 Å². The summed E-state index contributed by atoms with van der Waals surface area (Å²) in [7, 11) is 4.74. The van der Waals surface area contributed by atoms with E-state index in [4.69, 9.17) is 14.2 Å². The van der Waals surface area contributed by atoms with Crippen LogP contribution in [0.2, 0.25) is 0 Å². The number of para-hydroxylation sites is 2. The molecule has 0 saturated carbocycles. The third-order valence-electron chi connectivity index (χ3n) is 4.89. The number of carbonyl (C=O) groups excluding carboxylic acids is 2. The quantitative estimate of drug-likeness (QED) is 0.517. The van der Waals surface area contributed by atoms with Gasteiger partial charge in [-0.1, -0.05) is 12.1 Å². The summed E-state index contributed by atoms with van der Waals surface area (Å²) < 4.78 is 15.8. The smallest absolute Gasteiger partial charge is 0.255 e. The summed E-state index contributed by atoms with van der Waals surface area (Å²) in [5.41, 5.74) is 2.56. The lowest BCUT2D eigenvalue weighted by Crippen LogP contribution is -2.14. The maximum atomic E-state index is 12.5. The molecule has 0 atom stereocenters. The van der Waals surface area contributed by atoms with Crippen molar-refractivity contribution >= 4 is 23.2 Å². The van der Waals surface area contributed by atoms with E-state index in [1.807, 2.05) is 30.3 Å². The average molecular weight is 434 g/mol. The SMILES string of the molecule is COc1ccc(OC)c(CCC(=O)Nc2ccc(C(=O)Nc3ccccc3OC)cc2)c1. The molecule has 0 aromatic heterocycles. The van der Waals surface area contributed by atoms with Gasteiger partial charge in [-0.05, 0) is 66.6 Å². The number of carbonyl (C=O) groups is 2. The van der Waals surface area contributed by atoms with E-state index in [0.29, 0.717) is 40.6 Å². The van der Waals surface area contributed by atoms with Crippen molar-refractivity contribution in [2.24, 2.45) is 0 Å². The van der Waals surface area contributed by atoms with Crippen LogP contribution in [0.1, 0.15) is 22.3 Å². The minimum Gasteiger partial charge on any atom is -0.497 e. The highest BCUT2D eigenvalue weighted by Gasteiger charge is 2.11. The summed E-state index contributed by atoms with van der Waals surface area (Å²) in [5, 5.41) is 5.67. The molecule has 3 aromatic rings. The van der Waals surface area contributed by atoms with E-state index in [0.717, 1.165) is 5.56 Å². The number of hydrogen-bond acceptors (Lipinski definition) is 5. The lowest BCUT2D eigenvalue weighted by molar-refractivity contribution is -0.116. The topological polar surface area (TPSA) is 85.9 Å². The molecule has 0 fully saturated rings. The molecule has 32 heavy (non-hydrogen) atoms. The van der Waals surface area contributed by atoms with E-state index in [1.165, 1.54) is 0 Å². The van der Waals surface area contributed by atoms with E-state index >= 15 is 0 Å². The van der Waals surface area contributed by atoms with Crippen LogP contribution in [0, 0.1) is 0 Å². The molecule has 0 heterocycles. The van der Waals surface area contributed by atoms with Crippen molar-refractivity contribution in [3.8, 4) is 17.2 Å². The van der Waals surface area contributed by atoms with Crippen molar-refractivity contribution in [3.63, 3.8) is 0 Å². The zero-order valence-electron chi connectivity index (χ0n) is 18.3. The van der Waals surface area contributed by atoms with Crippen LogP contribution in [0.5, 0.6) is 17.2 Å². The van der Waals surface area contributed by atoms with Gasteiger partial charge in [-0.2, -0.15) is 0 Å². The first-order valence-corrected chi connectivity index (χ1v) is 10.1. The highest BCUT2D eigenvalue weighted by atomic mass is 16.5. The Bertz CT molecular complexity index is 1080. The first kappa shape index (κ1) is 22.7. The lowest BCUT2D eigenvalue weighted by atomic mass is 10.1. The molecule has 0 radical (unpaired) electrons. The fourth-order valence-electron chi connectivity index (χ4n) is 3.20. The third kappa shape index (κ3) is 5.78. The Morgan fingerprint density at radius 1 is 0.781 bits per heavy atom. The fourth-order valence-corrected chi connectivity index (χ4v) is 3.20. The van der Waals surface area contributed by atoms with Gasteiger partial charge < -0.3 is 24.8 Å². The van der Waals surface area contributed by atoms with Gasteiger partial charge in [0.05, 0.1) is 27.0 Å². The van der Waals surface area contributed by atoms with E-state index in [2.05, 4.69) is 10.6 Å². The van der Waals surface area contributed by atoms with Crippen molar-refractivity contribution in [2.45, 2.75) is 12.8 Å². The molecular formula is C25H26N2O5. The number of aryl methyl sites for hydroxylation is 1. The highest BCUT2D eigenvalue weighted by molar-refractivity contribution is 6.05. The van der Waals surface area contributed by atoms with E-state index < -0.39 is 0 Å². The molecule has 0 saturated heterocycles. The van der Waals surface area contributed by atoms with Crippen molar-refractivity contribution < 1.29 is 23.8 Å². The third-order valence-corrected chi connectivity index (χ3v) is 4.89. The summed E-state index contributed by atoms with van der Waals surface area (Å²) in [6.07, 6.45) is 0.783. The summed E-state index contributed by atoms with van der Waals surface area (Å²) in [6, 6.07) is 19.4. The molecule has 7 nitrogen and oxygen atoms in total.